The fourth-order valence-corrected chi connectivity index (χ4v) is 4.37. The highest BCUT2D eigenvalue weighted by Gasteiger charge is 2.35. The van der Waals surface area contributed by atoms with E-state index in [9.17, 15) is 19.2 Å². The smallest absolute Gasteiger partial charge is 0.310 e. The number of likely N-dealkylation sites (tertiary alicyclic amines) is 1. The van der Waals surface area contributed by atoms with Crippen molar-refractivity contribution in [2.75, 3.05) is 26.8 Å². The second kappa shape index (κ2) is 9.44. The molecular weight excluding hydrogens is 424 g/mol. The zero-order valence-electron chi connectivity index (χ0n) is 18.7. The summed E-state index contributed by atoms with van der Waals surface area (Å²) in [5, 5.41) is 0. The van der Waals surface area contributed by atoms with Crippen molar-refractivity contribution >= 4 is 23.7 Å². The van der Waals surface area contributed by atoms with Crippen LogP contribution in [0.5, 0.6) is 5.75 Å². The van der Waals surface area contributed by atoms with Crippen LogP contribution in [0.4, 0.5) is 0 Å². The van der Waals surface area contributed by atoms with Crippen LogP contribution in [-0.2, 0) is 16.1 Å². The normalized spacial score (nSPS) is 17.7. The third-order valence-electron chi connectivity index (χ3n) is 6.04. The van der Waals surface area contributed by atoms with Gasteiger partial charge in [0.2, 0.25) is 0 Å². The van der Waals surface area contributed by atoms with E-state index < -0.39 is 0 Å². The first kappa shape index (κ1) is 22.5. The van der Waals surface area contributed by atoms with Crippen molar-refractivity contribution in [3.63, 3.8) is 0 Å². The maximum atomic E-state index is 13.3. The van der Waals surface area contributed by atoms with Gasteiger partial charge in [0.1, 0.15) is 5.75 Å². The molecule has 8 nitrogen and oxygen atoms in total. The van der Waals surface area contributed by atoms with Crippen molar-refractivity contribution in [3.8, 4) is 5.75 Å². The van der Waals surface area contributed by atoms with E-state index in [1.807, 2.05) is 0 Å². The molecule has 0 bridgehead atoms. The van der Waals surface area contributed by atoms with Gasteiger partial charge in [-0.1, -0.05) is 18.2 Å². The van der Waals surface area contributed by atoms with Gasteiger partial charge in [0.15, 0.2) is 0 Å². The van der Waals surface area contributed by atoms with Crippen molar-refractivity contribution in [2.45, 2.75) is 26.3 Å². The first-order valence-corrected chi connectivity index (χ1v) is 11.0. The molecule has 0 aliphatic carbocycles. The Balaban J connectivity index is 1.55. The highest BCUT2D eigenvalue weighted by Crippen LogP contribution is 2.28. The summed E-state index contributed by atoms with van der Waals surface area (Å²) in [4.78, 5) is 53.8. The molecule has 0 aromatic heterocycles. The molecule has 0 unspecified atom stereocenters. The van der Waals surface area contributed by atoms with Crippen LogP contribution in [0.3, 0.4) is 0 Å². The molecule has 2 aliphatic heterocycles. The van der Waals surface area contributed by atoms with Gasteiger partial charge in [0, 0.05) is 13.1 Å². The van der Waals surface area contributed by atoms with Crippen molar-refractivity contribution in [1.29, 1.82) is 0 Å². The Morgan fingerprint density at radius 2 is 1.76 bits per heavy atom. The number of hydrogen-bond donors (Lipinski definition) is 0. The molecule has 4 rings (SSSR count). The van der Waals surface area contributed by atoms with Crippen molar-refractivity contribution in [1.82, 2.24) is 9.80 Å². The van der Waals surface area contributed by atoms with E-state index in [2.05, 4.69) is 0 Å². The number of methoxy groups -OCH3 is 1. The topological polar surface area (TPSA) is 93.2 Å². The maximum absolute atomic E-state index is 13.3. The van der Waals surface area contributed by atoms with Gasteiger partial charge < -0.3 is 14.4 Å². The Bertz CT molecular complexity index is 1080. The van der Waals surface area contributed by atoms with Crippen LogP contribution in [0.1, 0.15) is 56.4 Å². The van der Waals surface area contributed by atoms with E-state index >= 15 is 0 Å². The highest BCUT2D eigenvalue weighted by atomic mass is 16.5. The minimum atomic E-state index is -0.354. The largest absolute Gasteiger partial charge is 0.496 e. The molecule has 0 spiro atoms. The van der Waals surface area contributed by atoms with Crippen molar-refractivity contribution in [2.24, 2.45) is 5.92 Å². The van der Waals surface area contributed by atoms with Gasteiger partial charge in [0.25, 0.3) is 17.7 Å². The monoisotopic (exact) mass is 450 g/mol. The van der Waals surface area contributed by atoms with Gasteiger partial charge in [-0.05, 0) is 49.6 Å². The summed E-state index contributed by atoms with van der Waals surface area (Å²) < 4.78 is 10.5. The number of benzene rings is 2. The summed E-state index contributed by atoms with van der Waals surface area (Å²) >= 11 is 0. The fourth-order valence-electron chi connectivity index (χ4n) is 4.37. The molecule has 1 saturated heterocycles. The zero-order chi connectivity index (χ0) is 23.5. The molecule has 33 heavy (non-hydrogen) atoms. The Morgan fingerprint density at radius 1 is 1.06 bits per heavy atom. The van der Waals surface area contributed by atoms with E-state index in [4.69, 9.17) is 9.47 Å². The molecule has 3 amide bonds. The van der Waals surface area contributed by atoms with Crippen molar-refractivity contribution < 1.29 is 28.7 Å². The molecule has 1 fully saturated rings. The summed E-state index contributed by atoms with van der Waals surface area (Å²) in [6.07, 6.45) is 1.38. The van der Waals surface area contributed by atoms with Crippen LogP contribution in [0.2, 0.25) is 0 Å². The lowest BCUT2D eigenvalue weighted by Crippen LogP contribution is -2.43. The molecule has 0 radical (unpaired) electrons. The predicted octanol–water partition coefficient (Wildman–Crippen LogP) is 2.91. The number of nitrogens with zero attached hydrogens (tertiary/aromatic N) is 2. The molecule has 8 heteroatoms. The molecule has 0 N–H and O–H groups in total. The van der Waals surface area contributed by atoms with Crippen LogP contribution in [0.15, 0.2) is 42.5 Å². The molecule has 2 heterocycles. The molecule has 172 valence electrons. The lowest BCUT2D eigenvalue weighted by atomic mass is 9.97. The van der Waals surface area contributed by atoms with Gasteiger partial charge in [0.05, 0.1) is 42.9 Å². The van der Waals surface area contributed by atoms with E-state index in [-0.39, 0.29) is 42.7 Å². The van der Waals surface area contributed by atoms with Gasteiger partial charge in [-0.25, -0.2) is 0 Å². The van der Waals surface area contributed by atoms with Gasteiger partial charge in [-0.15, -0.1) is 0 Å². The summed E-state index contributed by atoms with van der Waals surface area (Å²) in [6, 6.07) is 11.8. The van der Waals surface area contributed by atoms with E-state index in [0.717, 1.165) is 0 Å². The molecule has 0 saturated carbocycles. The quantitative estimate of drug-likeness (QED) is 0.496. The van der Waals surface area contributed by atoms with Gasteiger partial charge in [-0.3, -0.25) is 24.1 Å². The third kappa shape index (κ3) is 4.33. The second-order valence-electron chi connectivity index (χ2n) is 8.12. The number of hydrogen-bond acceptors (Lipinski definition) is 6. The predicted molar refractivity (Wildman–Crippen MR) is 119 cm³/mol. The molecular formula is C25H26N2O6. The van der Waals surface area contributed by atoms with E-state index in [0.29, 0.717) is 54.0 Å². The summed E-state index contributed by atoms with van der Waals surface area (Å²) in [7, 11) is 1.48. The lowest BCUT2D eigenvalue weighted by molar-refractivity contribution is -0.149. The number of fused-ring (bicyclic) bond motifs is 1. The Hall–Kier alpha value is -3.68. The second-order valence-corrected chi connectivity index (χ2v) is 8.12. The number of amides is 3. The molecule has 2 aliphatic rings. The highest BCUT2D eigenvalue weighted by molar-refractivity contribution is 6.21. The average Bonchev–Trinajstić information content (AvgIpc) is 3.08. The lowest BCUT2D eigenvalue weighted by Gasteiger charge is -2.32. The minimum absolute atomic E-state index is 0.0437. The van der Waals surface area contributed by atoms with Crippen LogP contribution < -0.4 is 4.74 Å². The van der Waals surface area contributed by atoms with Gasteiger partial charge >= 0.3 is 5.97 Å². The zero-order valence-corrected chi connectivity index (χ0v) is 18.7. The summed E-state index contributed by atoms with van der Waals surface area (Å²) in [6.45, 7) is 2.91. The van der Waals surface area contributed by atoms with Crippen LogP contribution in [0.25, 0.3) is 0 Å². The summed E-state index contributed by atoms with van der Waals surface area (Å²) in [5.74, 6) is -1.22. The third-order valence-corrected chi connectivity index (χ3v) is 6.04. The number of rotatable bonds is 6. The molecule has 1 atom stereocenters. The average molecular weight is 450 g/mol. The Morgan fingerprint density at radius 3 is 2.39 bits per heavy atom. The Kier molecular flexibility index (Phi) is 6.44. The minimum Gasteiger partial charge on any atom is -0.496 e. The van der Waals surface area contributed by atoms with Crippen LogP contribution in [-0.4, -0.2) is 60.3 Å². The number of imide groups is 1. The van der Waals surface area contributed by atoms with Crippen LogP contribution >= 0.6 is 0 Å². The van der Waals surface area contributed by atoms with Crippen molar-refractivity contribution in [3.05, 3.63) is 64.7 Å². The van der Waals surface area contributed by atoms with Crippen LogP contribution in [0, 0.1) is 5.92 Å². The maximum Gasteiger partial charge on any atom is 0.310 e. The fraction of sp³-hybridized carbons (Fsp3) is 0.360. The number of esters is 1. The van der Waals surface area contributed by atoms with E-state index in [1.165, 1.54) is 12.0 Å². The summed E-state index contributed by atoms with van der Waals surface area (Å²) in [5.41, 5.74) is 1.72. The SMILES string of the molecule is CCOC(=O)[C@@H]1CCCN(C(=O)c2cc(CN3C(=O)c4ccccc4C3=O)ccc2OC)C1. The van der Waals surface area contributed by atoms with Gasteiger partial charge in [-0.2, -0.15) is 0 Å². The molecule has 2 aromatic rings. The number of carbonyl (C=O) groups is 4. The first-order chi connectivity index (χ1) is 15.9. The first-order valence-electron chi connectivity index (χ1n) is 11.0. The number of ether oxygens (including phenoxy) is 2. The Labute approximate surface area is 192 Å². The van der Waals surface area contributed by atoms with E-state index in [1.54, 1.807) is 54.3 Å². The standard InChI is InChI=1S/C25H26N2O6/c1-3-33-25(31)17-7-6-12-26(15-17)22(28)20-13-16(10-11-21(20)32-2)14-27-23(29)18-8-4-5-9-19(18)24(27)30/h4-5,8-11,13,17H,3,6-7,12,14-15H2,1-2H3/t17-/m1/s1. The number of carbonyl (C=O) groups excluding carboxylic acids is 4. The number of piperidine rings is 1. The molecule has 2 aromatic carbocycles.